The van der Waals surface area contributed by atoms with Crippen molar-refractivity contribution in [3.05, 3.63) is 70.7 Å². The van der Waals surface area contributed by atoms with Crippen molar-refractivity contribution in [1.82, 2.24) is 5.32 Å². The number of nitrogens with zero attached hydrogens (tertiary/aromatic N) is 1. The van der Waals surface area contributed by atoms with Crippen LogP contribution in [0.25, 0.3) is 6.08 Å². The van der Waals surface area contributed by atoms with Gasteiger partial charge in [-0.3, -0.25) is 4.79 Å². The SMILES string of the molecule is COc1ccc(C)cc1/C=C1/N=C(CCc2ccc(F)cc2)NC1=O. The number of carbonyl (C=O) groups excluding carboxylic acids is 1. The molecule has 4 nitrogen and oxygen atoms in total. The smallest absolute Gasteiger partial charge is 0.275 e. The molecule has 0 saturated heterocycles. The zero-order valence-corrected chi connectivity index (χ0v) is 14.2. The van der Waals surface area contributed by atoms with Crippen LogP contribution in [0.4, 0.5) is 4.39 Å². The molecule has 1 aliphatic rings. The number of benzene rings is 2. The van der Waals surface area contributed by atoms with Crippen LogP contribution in [0.15, 0.2) is 53.2 Å². The molecule has 25 heavy (non-hydrogen) atoms. The summed E-state index contributed by atoms with van der Waals surface area (Å²) >= 11 is 0. The van der Waals surface area contributed by atoms with E-state index in [2.05, 4.69) is 10.3 Å². The standard InChI is InChI=1S/C20H19FN2O2/c1-13-3-9-18(25-2)15(11-13)12-17-20(24)23-19(22-17)10-6-14-4-7-16(21)8-5-14/h3-5,7-9,11-12H,6,10H2,1-2H3,(H,22,23,24)/b17-12+. The van der Waals surface area contributed by atoms with E-state index in [9.17, 15) is 9.18 Å². The summed E-state index contributed by atoms with van der Waals surface area (Å²) in [6.45, 7) is 1.98. The molecule has 0 aliphatic carbocycles. The number of hydrogen-bond donors (Lipinski definition) is 1. The normalized spacial score (nSPS) is 15.2. The lowest BCUT2D eigenvalue weighted by Gasteiger charge is -2.05. The van der Waals surface area contributed by atoms with Gasteiger partial charge >= 0.3 is 0 Å². The maximum atomic E-state index is 12.9. The molecule has 2 aromatic rings. The van der Waals surface area contributed by atoms with E-state index in [0.717, 1.165) is 16.7 Å². The number of rotatable bonds is 5. The summed E-state index contributed by atoms with van der Waals surface area (Å²) in [7, 11) is 1.60. The Kier molecular flexibility index (Phi) is 4.93. The summed E-state index contributed by atoms with van der Waals surface area (Å²) in [6, 6.07) is 12.1. The molecule has 0 saturated carbocycles. The molecule has 0 atom stereocenters. The van der Waals surface area contributed by atoms with Crippen molar-refractivity contribution in [2.45, 2.75) is 19.8 Å². The van der Waals surface area contributed by atoms with Crippen molar-refractivity contribution in [3.63, 3.8) is 0 Å². The van der Waals surface area contributed by atoms with Gasteiger partial charge in [0.25, 0.3) is 5.91 Å². The van der Waals surface area contributed by atoms with Crippen molar-refractivity contribution in [1.29, 1.82) is 0 Å². The first-order valence-corrected chi connectivity index (χ1v) is 8.05. The minimum Gasteiger partial charge on any atom is -0.496 e. The highest BCUT2D eigenvalue weighted by atomic mass is 19.1. The minimum absolute atomic E-state index is 0.224. The Morgan fingerprint density at radius 3 is 2.64 bits per heavy atom. The molecule has 0 fully saturated rings. The number of amides is 1. The van der Waals surface area contributed by atoms with E-state index in [1.54, 1.807) is 25.3 Å². The summed E-state index contributed by atoms with van der Waals surface area (Å²) in [5.74, 6) is 0.832. The number of halogens is 1. The Balaban J connectivity index is 1.76. The Morgan fingerprint density at radius 1 is 1.16 bits per heavy atom. The molecule has 0 spiro atoms. The van der Waals surface area contributed by atoms with Gasteiger partial charge in [-0.15, -0.1) is 0 Å². The second kappa shape index (κ2) is 7.30. The van der Waals surface area contributed by atoms with E-state index in [0.29, 0.717) is 30.1 Å². The van der Waals surface area contributed by atoms with Crippen LogP contribution < -0.4 is 10.1 Å². The number of methoxy groups -OCH3 is 1. The highest BCUT2D eigenvalue weighted by molar-refractivity contribution is 6.14. The van der Waals surface area contributed by atoms with Gasteiger partial charge < -0.3 is 10.1 Å². The third-order valence-corrected chi connectivity index (χ3v) is 3.99. The molecule has 1 N–H and O–H groups in total. The number of ether oxygens (including phenoxy) is 1. The maximum Gasteiger partial charge on any atom is 0.275 e. The van der Waals surface area contributed by atoms with Gasteiger partial charge in [0.1, 0.15) is 23.1 Å². The van der Waals surface area contributed by atoms with Crippen LogP contribution in [0, 0.1) is 12.7 Å². The van der Waals surface area contributed by atoms with Gasteiger partial charge in [-0.25, -0.2) is 9.38 Å². The molecule has 3 rings (SSSR count). The zero-order chi connectivity index (χ0) is 17.8. The molecule has 2 aromatic carbocycles. The van der Waals surface area contributed by atoms with Crippen LogP contribution in [0.2, 0.25) is 0 Å². The van der Waals surface area contributed by atoms with Crippen molar-refractivity contribution in [3.8, 4) is 5.75 Å². The largest absolute Gasteiger partial charge is 0.496 e. The predicted octanol–water partition coefficient (Wildman–Crippen LogP) is 3.64. The van der Waals surface area contributed by atoms with Gasteiger partial charge in [0.05, 0.1) is 7.11 Å². The van der Waals surface area contributed by atoms with Crippen molar-refractivity contribution in [2.24, 2.45) is 4.99 Å². The molecule has 128 valence electrons. The van der Waals surface area contributed by atoms with Crippen LogP contribution in [-0.2, 0) is 11.2 Å². The van der Waals surface area contributed by atoms with Crippen LogP contribution >= 0.6 is 0 Å². The number of carbonyl (C=O) groups is 1. The molecular weight excluding hydrogens is 319 g/mol. The average molecular weight is 338 g/mol. The van der Waals surface area contributed by atoms with Crippen LogP contribution in [-0.4, -0.2) is 18.9 Å². The second-order valence-corrected chi connectivity index (χ2v) is 5.91. The van der Waals surface area contributed by atoms with E-state index in [-0.39, 0.29) is 11.7 Å². The number of aliphatic imine (C=N–C) groups is 1. The minimum atomic E-state index is -0.257. The third kappa shape index (κ3) is 4.12. The van der Waals surface area contributed by atoms with Gasteiger partial charge in [-0.05, 0) is 49.2 Å². The highest BCUT2D eigenvalue weighted by Gasteiger charge is 2.20. The number of hydrogen-bond acceptors (Lipinski definition) is 3. The summed E-state index contributed by atoms with van der Waals surface area (Å²) < 4.78 is 18.3. The molecule has 5 heteroatoms. The summed E-state index contributed by atoms with van der Waals surface area (Å²) in [4.78, 5) is 16.5. The lowest BCUT2D eigenvalue weighted by atomic mass is 10.1. The Bertz CT molecular complexity index is 854. The van der Waals surface area contributed by atoms with Crippen molar-refractivity contribution >= 4 is 17.8 Å². The lowest BCUT2D eigenvalue weighted by Crippen LogP contribution is -2.24. The van der Waals surface area contributed by atoms with Gasteiger partial charge in [-0.2, -0.15) is 0 Å². The fraction of sp³-hybridized carbons (Fsp3) is 0.200. The number of amidine groups is 1. The molecule has 1 amide bonds. The second-order valence-electron chi connectivity index (χ2n) is 5.91. The van der Waals surface area contributed by atoms with E-state index < -0.39 is 0 Å². The Morgan fingerprint density at radius 2 is 1.92 bits per heavy atom. The monoisotopic (exact) mass is 338 g/mol. The summed E-state index contributed by atoms with van der Waals surface area (Å²) in [5, 5.41) is 2.79. The van der Waals surface area contributed by atoms with Crippen molar-refractivity contribution in [2.75, 3.05) is 7.11 Å². The molecule has 0 unspecified atom stereocenters. The van der Waals surface area contributed by atoms with Crippen LogP contribution in [0.1, 0.15) is 23.1 Å². The first-order chi connectivity index (χ1) is 12.0. The van der Waals surface area contributed by atoms with Gasteiger partial charge in [0, 0.05) is 12.0 Å². The quantitative estimate of drug-likeness (QED) is 0.846. The summed E-state index contributed by atoms with van der Waals surface area (Å²) in [5.41, 5.74) is 3.25. The molecule has 0 aromatic heterocycles. The van der Waals surface area contributed by atoms with E-state index in [4.69, 9.17) is 4.74 Å². The Labute approximate surface area is 146 Å². The van der Waals surface area contributed by atoms with Crippen LogP contribution in [0.5, 0.6) is 5.75 Å². The number of nitrogens with one attached hydrogen (secondary N) is 1. The van der Waals surface area contributed by atoms with Gasteiger partial charge in [-0.1, -0.05) is 23.8 Å². The van der Waals surface area contributed by atoms with Gasteiger partial charge in [0.15, 0.2) is 0 Å². The maximum absolute atomic E-state index is 12.9. The molecular formula is C20H19FN2O2. The molecule has 1 heterocycles. The summed E-state index contributed by atoms with van der Waals surface area (Å²) in [6.07, 6.45) is 2.99. The van der Waals surface area contributed by atoms with Crippen LogP contribution in [0.3, 0.4) is 0 Å². The fourth-order valence-corrected chi connectivity index (χ4v) is 2.66. The van der Waals surface area contributed by atoms with E-state index in [1.807, 2.05) is 25.1 Å². The zero-order valence-electron chi connectivity index (χ0n) is 14.2. The first kappa shape index (κ1) is 16.9. The van der Waals surface area contributed by atoms with Gasteiger partial charge in [0.2, 0.25) is 0 Å². The molecule has 1 aliphatic heterocycles. The Hall–Kier alpha value is -2.95. The predicted molar refractivity (Wildman–Crippen MR) is 96.0 cm³/mol. The van der Waals surface area contributed by atoms with E-state index in [1.165, 1.54) is 12.1 Å². The van der Waals surface area contributed by atoms with E-state index >= 15 is 0 Å². The first-order valence-electron chi connectivity index (χ1n) is 8.05. The molecule has 0 radical (unpaired) electrons. The lowest BCUT2D eigenvalue weighted by molar-refractivity contribution is -0.115. The molecule has 0 bridgehead atoms. The highest BCUT2D eigenvalue weighted by Crippen LogP contribution is 2.24. The number of aryl methyl sites for hydroxylation is 2. The topological polar surface area (TPSA) is 50.7 Å². The third-order valence-electron chi connectivity index (χ3n) is 3.99. The fourth-order valence-electron chi connectivity index (χ4n) is 2.66. The average Bonchev–Trinajstić information content (AvgIpc) is 2.94. The van der Waals surface area contributed by atoms with Crippen molar-refractivity contribution < 1.29 is 13.9 Å².